The smallest absolute Gasteiger partial charge is 0.256 e. The Hall–Kier alpha value is -5.02. The Labute approximate surface area is 285 Å². The molecule has 0 atom stereocenters. The summed E-state index contributed by atoms with van der Waals surface area (Å²) in [6, 6.07) is 42.7. The van der Waals surface area contributed by atoms with Crippen molar-refractivity contribution in [3.63, 3.8) is 0 Å². The molecule has 0 radical (unpaired) electrons. The van der Waals surface area contributed by atoms with Crippen LogP contribution in [-0.2, 0) is 10.1 Å². The van der Waals surface area contributed by atoms with Gasteiger partial charge in [-0.3, -0.25) is 9.68 Å². The Morgan fingerprint density at radius 2 is 0.979 bits per heavy atom. The van der Waals surface area contributed by atoms with Gasteiger partial charge in [0.05, 0.1) is 7.32 Å². The van der Waals surface area contributed by atoms with E-state index in [0.29, 0.717) is 19.6 Å². The molecule has 8 heteroatoms. The van der Waals surface area contributed by atoms with Crippen molar-refractivity contribution in [1.82, 2.24) is 0 Å². The molecule has 0 spiro atoms. The highest BCUT2D eigenvalue weighted by molar-refractivity contribution is 6.28. The maximum atomic E-state index is 10.7. The molecule has 48 heavy (non-hydrogen) atoms. The SMILES string of the molecule is C=Cc1cccc[n+]1OCC.C=Cc1cccc[n+]1OCC.[O-]B([O-])OCCCC(c1ccccc1)(c1ccccc1)c1ccccc1. The van der Waals surface area contributed by atoms with Crippen LogP contribution in [0.15, 0.2) is 153 Å². The summed E-state index contributed by atoms with van der Waals surface area (Å²) in [6.45, 7) is 12.7. The minimum absolute atomic E-state index is 0.159. The van der Waals surface area contributed by atoms with Gasteiger partial charge in [-0.1, -0.05) is 104 Å². The molecule has 0 aliphatic carbocycles. The number of rotatable bonds is 14. The van der Waals surface area contributed by atoms with Gasteiger partial charge >= 0.3 is 0 Å². The molecule has 0 aliphatic rings. The van der Waals surface area contributed by atoms with E-state index in [9.17, 15) is 10.0 Å². The molecule has 5 rings (SSSR count). The third-order valence-electron chi connectivity index (χ3n) is 7.41. The molecule has 3 aromatic carbocycles. The van der Waals surface area contributed by atoms with Crippen molar-refractivity contribution in [3.05, 3.63) is 181 Å². The highest BCUT2D eigenvalue weighted by Gasteiger charge is 2.35. The van der Waals surface area contributed by atoms with Gasteiger partial charge in [0.1, 0.15) is 0 Å². The summed E-state index contributed by atoms with van der Waals surface area (Å²) >= 11 is 0. The second-order valence-electron chi connectivity index (χ2n) is 10.4. The van der Waals surface area contributed by atoms with Crippen molar-refractivity contribution in [2.45, 2.75) is 32.1 Å². The molecule has 7 nitrogen and oxygen atoms in total. The largest absolute Gasteiger partial charge is 0.871 e. The Balaban J connectivity index is 0.000000233. The summed E-state index contributed by atoms with van der Waals surface area (Å²) in [4.78, 5) is 10.5. The van der Waals surface area contributed by atoms with Gasteiger partial charge in [-0.15, -0.1) is 0 Å². The number of hydrogen-bond donors (Lipinski definition) is 0. The average molecular weight is 645 g/mol. The van der Waals surface area contributed by atoms with E-state index < -0.39 is 7.32 Å². The standard InChI is InChI=1S/C22H21BO3.2C9H12NO/c24-23(25)26-18-10-17-22(19-11-4-1-5-12-19,20-13-6-2-7-14-20)21-15-8-3-9-16-21;2*1-3-9-7-5-6-8-10(9)11-4-2/h1-9,11-16H,10,17-18H2;2*3,5-8H,1,4H2,2H3/q-2;2*+1. The summed E-state index contributed by atoms with van der Waals surface area (Å²) in [7, 11) is -2.23. The first-order valence-corrected chi connectivity index (χ1v) is 16.1. The van der Waals surface area contributed by atoms with Crippen LogP contribution in [0, 0.1) is 0 Å². The van der Waals surface area contributed by atoms with Gasteiger partial charge < -0.3 is 14.7 Å². The van der Waals surface area contributed by atoms with Gasteiger partial charge in [-0.2, -0.15) is 0 Å². The number of nitrogens with zero attached hydrogens (tertiary/aromatic N) is 2. The predicted molar refractivity (Wildman–Crippen MR) is 188 cm³/mol. The zero-order valence-electron chi connectivity index (χ0n) is 27.9. The fourth-order valence-electron chi connectivity index (χ4n) is 5.33. The maximum absolute atomic E-state index is 10.7. The molecule has 248 valence electrons. The summed E-state index contributed by atoms with van der Waals surface area (Å²) in [6.07, 6.45) is 8.59. The molecule has 0 N–H and O–H groups in total. The fourth-order valence-corrected chi connectivity index (χ4v) is 5.33. The Kier molecular flexibility index (Phi) is 16.4. The van der Waals surface area contributed by atoms with Crippen molar-refractivity contribution in [1.29, 1.82) is 0 Å². The van der Waals surface area contributed by atoms with E-state index in [0.717, 1.165) is 17.8 Å². The van der Waals surface area contributed by atoms with E-state index in [1.807, 2.05) is 117 Å². The lowest BCUT2D eigenvalue weighted by Crippen LogP contribution is -2.48. The van der Waals surface area contributed by atoms with E-state index in [2.05, 4.69) is 49.6 Å². The molecule has 5 aromatic rings. The summed E-state index contributed by atoms with van der Waals surface area (Å²) in [5, 5.41) is 21.4. The molecular formula is C40H45BN2O5. The lowest BCUT2D eigenvalue weighted by atomic mass is 9.67. The number of pyridine rings is 2. The lowest BCUT2D eigenvalue weighted by Gasteiger charge is -2.37. The van der Waals surface area contributed by atoms with Crippen LogP contribution in [0.5, 0.6) is 0 Å². The van der Waals surface area contributed by atoms with Crippen molar-refractivity contribution in [2.24, 2.45) is 0 Å². The molecule has 0 bridgehead atoms. The highest BCUT2D eigenvalue weighted by atomic mass is 16.7. The molecule has 2 heterocycles. The molecule has 0 amide bonds. The van der Waals surface area contributed by atoms with Crippen LogP contribution in [-0.4, -0.2) is 27.1 Å². The van der Waals surface area contributed by atoms with Crippen LogP contribution in [0.1, 0.15) is 54.8 Å². The number of hydrogen-bond acceptors (Lipinski definition) is 5. The van der Waals surface area contributed by atoms with Crippen LogP contribution in [0.4, 0.5) is 0 Å². The first-order valence-electron chi connectivity index (χ1n) is 16.1. The fraction of sp³-hybridized carbons (Fsp3) is 0.200. The van der Waals surface area contributed by atoms with Crippen molar-refractivity contribution in [2.75, 3.05) is 19.8 Å². The molecule has 2 aromatic heterocycles. The van der Waals surface area contributed by atoms with Crippen molar-refractivity contribution in [3.8, 4) is 0 Å². The average Bonchev–Trinajstić information content (AvgIpc) is 3.14. The summed E-state index contributed by atoms with van der Waals surface area (Å²) < 4.78 is 8.14. The van der Waals surface area contributed by atoms with Crippen LogP contribution >= 0.6 is 0 Å². The number of aromatic nitrogens is 2. The molecule has 0 unspecified atom stereocenters. The van der Waals surface area contributed by atoms with Gasteiger partial charge in [-0.05, 0) is 55.5 Å². The highest BCUT2D eigenvalue weighted by Crippen LogP contribution is 2.42. The zero-order chi connectivity index (χ0) is 34.5. The van der Waals surface area contributed by atoms with E-state index in [1.54, 1.807) is 21.6 Å². The molecule has 0 saturated heterocycles. The second-order valence-corrected chi connectivity index (χ2v) is 10.4. The molecule has 0 aliphatic heterocycles. The second kappa shape index (κ2) is 21.0. The van der Waals surface area contributed by atoms with E-state index >= 15 is 0 Å². The van der Waals surface area contributed by atoms with Crippen LogP contribution in [0.3, 0.4) is 0 Å². The van der Waals surface area contributed by atoms with E-state index in [-0.39, 0.29) is 12.0 Å². The van der Waals surface area contributed by atoms with Gasteiger partial charge in [0.25, 0.3) is 11.4 Å². The van der Waals surface area contributed by atoms with Crippen LogP contribution < -0.4 is 29.2 Å². The van der Waals surface area contributed by atoms with Gasteiger partial charge in [-0.25, -0.2) is 0 Å². The Morgan fingerprint density at radius 1 is 0.604 bits per heavy atom. The van der Waals surface area contributed by atoms with Gasteiger partial charge in [0.2, 0.25) is 12.4 Å². The van der Waals surface area contributed by atoms with Crippen molar-refractivity contribution >= 4 is 19.5 Å². The van der Waals surface area contributed by atoms with E-state index in [1.165, 1.54) is 16.7 Å². The molecule has 0 saturated carbocycles. The minimum Gasteiger partial charge on any atom is -0.871 e. The van der Waals surface area contributed by atoms with E-state index in [4.69, 9.17) is 14.3 Å². The first kappa shape index (κ1) is 37.4. The monoisotopic (exact) mass is 644 g/mol. The Bertz CT molecular complexity index is 1470. The quantitative estimate of drug-likeness (QED) is 0.0761. The minimum atomic E-state index is -2.23. The summed E-state index contributed by atoms with van der Waals surface area (Å²) in [5.74, 6) is 0. The first-order chi connectivity index (χ1) is 23.5. The molecular weight excluding hydrogens is 599 g/mol. The lowest BCUT2D eigenvalue weighted by molar-refractivity contribution is -0.892. The summed E-state index contributed by atoms with van der Waals surface area (Å²) in [5.41, 5.74) is 5.10. The predicted octanol–water partition coefficient (Wildman–Crippen LogP) is 4.65. The zero-order valence-corrected chi connectivity index (χ0v) is 27.9. The van der Waals surface area contributed by atoms with Crippen LogP contribution in [0.2, 0.25) is 0 Å². The third kappa shape index (κ3) is 11.1. The van der Waals surface area contributed by atoms with Gasteiger partial charge in [0.15, 0.2) is 13.2 Å². The van der Waals surface area contributed by atoms with Crippen LogP contribution in [0.25, 0.3) is 12.2 Å². The third-order valence-corrected chi connectivity index (χ3v) is 7.41. The topological polar surface area (TPSA) is 81.6 Å². The Morgan fingerprint density at radius 3 is 1.31 bits per heavy atom. The maximum Gasteiger partial charge on any atom is 0.256 e. The van der Waals surface area contributed by atoms with Gasteiger partial charge in [0, 0.05) is 57.9 Å². The normalized spacial score (nSPS) is 10.3. The number of benzene rings is 3. The molecule has 0 fully saturated rings. The van der Waals surface area contributed by atoms with Crippen molar-refractivity contribution < 1.29 is 33.8 Å².